The van der Waals surface area contributed by atoms with E-state index >= 15 is 0 Å². The number of carboxylic acid groups (broad SMARTS) is 1. The summed E-state index contributed by atoms with van der Waals surface area (Å²) in [7, 11) is 0. The third kappa shape index (κ3) is 3.61. The zero-order valence-corrected chi connectivity index (χ0v) is 12.8. The molecule has 2 rings (SSSR count). The molecule has 0 aliphatic rings. The van der Waals surface area contributed by atoms with Crippen LogP contribution in [0.4, 0.5) is 0 Å². The number of aliphatic carboxylic acids is 1. The van der Waals surface area contributed by atoms with Gasteiger partial charge in [0.1, 0.15) is 10.9 Å². The molecule has 0 spiro atoms. The molecule has 6 heteroatoms. The minimum Gasteiger partial charge on any atom is -0.481 e. The molecule has 0 bridgehead atoms. The maximum atomic E-state index is 10.6. The smallest absolute Gasteiger partial charge is 0.304 e. The molecule has 1 heterocycles. The molecule has 0 aliphatic carbocycles. The minimum absolute atomic E-state index is 0.112. The van der Waals surface area contributed by atoms with Crippen molar-refractivity contribution < 1.29 is 9.90 Å². The number of hydrogen-bond acceptors (Lipinski definition) is 4. The number of rotatable bonds is 5. The number of nitrogens with zero attached hydrogens (tertiary/aromatic N) is 2. The number of fused-ring (bicyclic) bond motifs is 1. The molecule has 20 heavy (non-hydrogen) atoms. The van der Waals surface area contributed by atoms with Gasteiger partial charge in [-0.15, -0.1) is 11.8 Å². The topological polar surface area (TPSA) is 63.1 Å². The van der Waals surface area contributed by atoms with Crippen LogP contribution in [0.1, 0.15) is 32.0 Å². The maximum Gasteiger partial charge on any atom is 0.304 e. The van der Waals surface area contributed by atoms with E-state index in [1.807, 2.05) is 26.0 Å². The van der Waals surface area contributed by atoms with Crippen LogP contribution >= 0.6 is 23.4 Å². The Labute approximate surface area is 126 Å². The molecule has 106 valence electrons. The van der Waals surface area contributed by atoms with E-state index in [2.05, 4.69) is 9.97 Å². The van der Waals surface area contributed by atoms with E-state index in [1.165, 1.54) is 11.8 Å². The first kappa shape index (κ1) is 15.1. The van der Waals surface area contributed by atoms with Crippen LogP contribution in [0, 0.1) is 0 Å². The van der Waals surface area contributed by atoms with Gasteiger partial charge in [-0.2, -0.15) is 0 Å². The molecule has 1 N–H and O–H groups in total. The van der Waals surface area contributed by atoms with Crippen molar-refractivity contribution in [3.05, 3.63) is 29.0 Å². The van der Waals surface area contributed by atoms with Gasteiger partial charge in [0.05, 0.1) is 11.9 Å². The highest BCUT2D eigenvalue weighted by atomic mass is 35.5. The van der Waals surface area contributed by atoms with Gasteiger partial charge in [-0.25, -0.2) is 9.97 Å². The molecule has 0 unspecified atom stereocenters. The van der Waals surface area contributed by atoms with Crippen LogP contribution in [0.3, 0.4) is 0 Å². The van der Waals surface area contributed by atoms with E-state index < -0.39 is 5.97 Å². The van der Waals surface area contributed by atoms with Crippen molar-refractivity contribution in [1.82, 2.24) is 9.97 Å². The first-order valence-electron chi connectivity index (χ1n) is 6.29. The molecule has 0 atom stereocenters. The van der Waals surface area contributed by atoms with Crippen LogP contribution in [0.5, 0.6) is 0 Å². The summed E-state index contributed by atoms with van der Waals surface area (Å²) in [5, 5.41) is 11.1. The first-order chi connectivity index (χ1) is 9.47. The summed E-state index contributed by atoms with van der Waals surface area (Å²) in [6.07, 6.45) is 0.112. The van der Waals surface area contributed by atoms with Crippen LogP contribution in [0.2, 0.25) is 5.02 Å². The number of carbonyl (C=O) groups is 1. The van der Waals surface area contributed by atoms with Crippen molar-refractivity contribution in [2.45, 2.75) is 31.2 Å². The van der Waals surface area contributed by atoms with E-state index in [4.69, 9.17) is 16.7 Å². The summed E-state index contributed by atoms with van der Waals surface area (Å²) < 4.78 is 0. The van der Waals surface area contributed by atoms with Crippen LogP contribution in [-0.2, 0) is 4.79 Å². The van der Waals surface area contributed by atoms with Crippen molar-refractivity contribution in [3.63, 3.8) is 0 Å². The van der Waals surface area contributed by atoms with Gasteiger partial charge in [0.2, 0.25) is 0 Å². The highest BCUT2D eigenvalue weighted by molar-refractivity contribution is 7.99. The fraction of sp³-hybridized carbons (Fsp3) is 0.357. The monoisotopic (exact) mass is 310 g/mol. The highest BCUT2D eigenvalue weighted by Gasteiger charge is 2.11. The molecule has 0 amide bonds. The SMILES string of the molecule is CC(C)c1nc(SCCC(=O)O)c2ccc(Cl)cc2n1. The number of halogens is 1. The zero-order chi connectivity index (χ0) is 14.7. The molecular weight excluding hydrogens is 296 g/mol. The molecule has 0 radical (unpaired) electrons. The molecule has 0 fully saturated rings. The standard InChI is InChI=1S/C14H15ClN2O2S/c1-8(2)13-16-11-7-9(15)3-4-10(11)14(17-13)20-6-5-12(18)19/h3-4,7-8H,5-6H2,1-2H3,(H,18,19). The lowest BCUT2D eigenvalue weighted by atomic mass is 10.2. The second-order valence-corrected chi connectivity index (χ2v) is 6.22. The molecule has 0 saturated heterocycles. The van der Waals surface area contributed by atoms with Gasteiger partial charge in [0.25, 0.3) is 0 Å². The highest BCUT2D eigenvalue weighted by Crippen LogP contribution is 2.29. The predicted molar refractivity (Wildman–Crippen MR) is 81.6 cm³/mol. The summed E-state index contributed by atoms with van der Waals surface area (Å²) in [6, 6.07) is 5.49. The van der Waals surface area contributed by atoms with Gasteiger partial charge < -0.3 is 5.11 Å². The molecule has 4 nitrogen and oxygen atoms in total. The van der Waals surface area contributed by atoms with E-state index in [-0.39, 0.29) is 12.3 Å². The zero-order valence-electron chi connectivity index (χ0n) is 11.3. The summed E-state index contributed by atoms with van der Waals surface area (Å²) in [5.74, 6) is 0.638. The number of hydrogen-bond donors (Lipinski definition) is 1. The maximum absolute atomic E-state index is 10.6. The third-order valence-electron chi connectivity index (χ3n) is 2.71. The van der Waals surface area contributed by atoms with Crippen molar-refractivity contribution in [2.75, 3.05) is 5.75 Å². The Kier molecular flexibility index (Phi) is 4.83. The lowest BCUT2D eigenvalue weighted by Crippen LogP contribution is -2.01. The van der Waals surface area contributed by atoms with Crippen LogP contribution in [-0.4, -0.2) is 26.8 Å². The van der Waals surface area contributed by atoms with Crippen molar-refractivity contribution in [2.24, 2.45) is 0 Å². The first-order valence-corrected chi connectivity index (χ1v) is 7.65. The van der Waals surface area contributed by atoms with E-state index in [0.29, 0.717) is 10.8 Å². The normalized spacial score (nSPS) is 11.2. The van der Waals surface area contributed by atoms with Gasteiger partial charge in [-0.1, -0.05) is 25.4 Å². The Bertz CT molecular complexity index is 646. The number of benzene rings is 1. The van der Waals surface area contributed by atoms with Crippen LogP contribution in [0.15, 0.2) is 23.2 Å². The second kappa shape index (κ2) is 6.41. The third-order valence-corrected chi connectivity index (χ3v) is 3.94. The average molecular weight is 311 g/mol. The summed E-state index contributed by atoms with van der Waals surface area (Å²) in [5.41, 5.74) is 0.800. The predicted octanol–water partition coefficient (Wildman–Crippen LogP) is 3.97. The molecule has 1 aromatic heterocycles. The lowest BCUT2D eigenvalue weighted by Gasteiger charge is -2.10. The largest absolute Gasteiger partial charge is 0.481 e. The van der Waals surface area contributed by atoms with Gasteiger partial charge in [0.15, 0.2) is 0 Å². The quantitative estimate of drug-likeness (QED) is 0.668. The number of aromatic nitrogens is 2. The van der Waals surface area contributed by atoms with Crippen molar-refractivity contribution in [1.29, 1.82) is 0 Å². The van der Waals surface area contributed by atoms with Crippen molar-refractivity contribution in [3.8, 4) is 0 Å². The van der Waals surface area contributed by atoms with Crippen LogP contribution < -0.4 is 0 Å². The van der Waals surface area contributed by atoms with Gasteiger partial charge in [-0.3, -0.25) is 4.79 Å². The Morgan fingerprint density at radius 3 is 2.80 bits per heavy atom. The van der Waals surface area contributed by atoms with E-state index in [0.717, 1.165) is 21.8 Å². The lowest BCUT2D eigenvalue weighted by molar-refractivity contribution is -0.136. The molecule has 0 aliphatic heterocycles. The fourth-order valence-corrected chi connectivity index (χ4v) is 2.82. The Balaban J connectivity index is 2.41. The average Bonchev–Trinajstić information content (AvgIpc) is 2.37. The van der Waals surface area contributed by atoms with E-state index in [1.54, 1.807) is 6.07 Å². The summed E-state index contributed by atoms with van der Waals surface area (Å²) in [6.45, 7) is 4.05. The summed E-state index contributed by atoms with van der Waals surface area (Å²) in [4.78, 5) is 19.7. The van der Waals surface area contributed by atoms with Gasteiger partial charge >= 0.3 is 5.97 Å². The van der Waals surface area contributed by atoms with Gasteiger partial charge in [-0.05, 0) is 18.2 Å². The molecular formula is C14H15ClN2O2S. The molecule has 0 saturated carbocycles. The second-order valence-electron chi connectivity index (χ2n) is 4.70. The number of carboxylic acids is 1. The molecule has 2 aromatic rings. The van der Waals surface area contributed by atoms with Crippen LogP contribution in [0.25, 0.3) is 10.9 Å². The van der Waals surface area contributed by atoms with E-state index in [9.17, 15) is 4.79 Å². The summed E-state index contributed by atoms with van der Waals surface area (Å²) >= 11 is 7.44. The Hall–Kier alpha value is -1.33. The Morgan fingerprint density at radius 1 is 1.40 bits per heavy atom. The Morgan fingerprint density at radius 2 is 2.15 bits per heavy atom. The number of thioether (sulfide) groups is 1. The molecule has 1 aromatic carbocycles. The van der Waals surface area contributed by atoms with Gasteiger partial charge in [0, 0.05) is 22.1 Å². The van der Waals surface area contributed by atoms with Crippen molar-refractivity contribution >= 4 is 40.2 Å². The minimum atomic E-state index is -0.803. The fourth-order valence-electron chi connectivity index (χ4n) is 1.69.